The normalized spacial score (nSPS) is 23.3. The van der Waals surface area contributed by atoms with Crippen LogP contribution in [0.15, 0.2) is 47.6 Å². The van der Waals surface area contributed by atoms with Crippen LogP contribution in [0.2, 0.25) is 0 Å². The summed E-state index contributed by atoms with van der Waals surface area (Å²) < 4.78 is 33.6. The quantitative estimate of drug-likeness (QED) is 0.638. The molecule has 140 valence electrons. The highest BCUT2D eigenvalue weighted by Crippen LogP contribution is 2.52. The third-order valence-electron chi connectivity index (χ3n) is 4.70. The van der Waals surface area contributed by atoms with Crippen molar-refractivity contribution < 1.29 is 18.4 Å². The van der Waals surface area contributed by atoms with Crippen LogP contribution >= 0.6 is 11.8 Å². The van der Waals surface area contributed by atoms with E-state index in [0.29, 0.717) is 10.8 Å². The van der Waals surface area contributed by atoms with Gasteiger partial charge in [-0.25, -0.2) is 8.78 Å². The summed E-state index contributed by atoms with van der Waals surface area (Å²) in [5.41, 5.74) is 3.90. The number of nitro groups is 1. The van der Waals surface area contributed by atoms with Crippen LogP contribution in [0, 0.1) is 27.7 Å². The molecule has 0 bridgehead atoms. The number of nitrogens with one attached hydrogen (secondary N) is 1. The average molecular weight is 391 g/mol. The highest BCUT2D eigenvalue weighted by molar-refractivity contribution is 8.15. The van der Waals surface area contributed by atoms with Gasteiger partial charge in [0.05, 0.1) is 6.61 Å². The summed E-state index contributed by atoms with van der Waals surface area (Å²) in [4.78, 5) is 9.67. The van der Waals surface area contributed by atoms with Gasteiger partial charge >= 0.3 is 0 Å². The minimum absolute atomic E-state index is 0.0568. The third kappa shape index (κ3) is 3.12. The Morgan fingerprint density at radius 2 is 2.15 bits per heavy atom. The molecule has 2 aliphatic rings. The lowest BCUT2D eigenvalue weighted by Gasteiger charge is -2.40. The SMILES string of the molecule is O=[N+]([O-])CC[C@@H]1COc2ccccc2[C@]12NN=C(c1cc(F)ccc1F)S2. The fourth-order valence-corrected chi connectivity index (χ4v) is 4.76. The maximum atomic E-state index is 14.2. The van der Waals surface area contributed by atoms with Crippen molar-refractivity contribution in [2.45, 2.75) is 11.3 Å². The van der Waals surface area contributed by atoms with Gasteiger partial charge in [0.15, 0.2) is 0 Å². The zero-order chi connectivity index (χ0) is 19.0. The molecular formula is C18H15F2N3O3S. The van der Waals surface area contributed by atoms with E-state index in [4.69, 9.17) is 4.74 Å². The van der Waals surface area contributed by atoms with E-state index in [2.05, 4.69) is 10.5 Å². The van der Waals surface area contributed by atoms with Crippen LogP contribution in [-0.2, 0) is 4.87 Å². The topological polar surface area (TPSA) is 76.8 Å². The number of hydrazone groups is 1. The van der Waals surface area contributed by atoms with Crippen LogP contribution in [0.3, 0.4) is 0 Å². The Labute approximate surface area is 157 Å². The van der Waals surface area contributed by atoms with E-state index in [1.54, 1.807) is 0 Å². The van der Waals surface area contributed by atoms with Crippen LogP contribution in [0.4, 0.5) is 8.78 Å². The number of para-hydroxylation sites is 1. The van der Waals surface area contributed by atoms with E-state index in [0.717, 1.165) is 23.8 Å². The molecule has 9 heteroatoms. The Balaban J connectivity index is 1.72. The van der Waals surface area contributed by atoms with Crippen LogP contribution in [0.25, 0.3) is 0 Å². The zero-order valence-electron chi connectivity index (χ0n) is 14.0. The summed E-state index contributed by atoms with van der Waals surface area (Å²) in [7, 11) is 0. The zero-order valence-corrected chi connectivity index (χ0v) is 14.8. The van der Waals surface area contributed by atoms with Gasteiger partial charge in [-0.15, -0.1) is 0 Å². The number of hydrogen-bond acceptors (Lipinski definition) is 6. The van der Waals surface area contributed by atoms with Crippen molar-refractivity contribution in [1.82, 2.24) is 5.43 Å². The first-order valence-electron chi connectivity index (χ1n) is 8.33. The first-order chi connectivity index (χ1) is 13.0. The number of rotatable bonds is 4. The maximum absolute atomic E-state index is 14.2. The van der Waals surface area contributed by atoms with Crippen molar-refractivity contribution in [3.05, 3.63) is 75.3 Å². The molecule has 0 saturated carbocycles. The maximum Gasteiger partial charge on any atom is 0.204 e. The van der Waals surface area contributed by atoms with Gasteiger partial charge in [0.1, 0.15) is 27.3 Å². The van der Waals surface area contributed by atoms with E-state index >= 15 is 0 Å². The number of halogens is 2. The summed E-state index contributed by atoms with van der Waals surface area (Å²) in [6.07, 6.45) is 0.260. The number of thioether (sulfide) groups is 1. The molecule has 0 radical (unpaired) electrons. The number of benzene rings is 2. The predicted octanol–water partition coefficient (Wildman–Crippen LogP) is 3.49. The molecule has 0 saturated heterocycles. The Bertz CT molecular complexity index is 940. The molecule has 27 heavy (non-hydrogen) atoms. The second-order valence-electron chi connectivity index (χ2n) is 6.34. The number of ether oxygens (including phenoxy) is 1. The van der Waals surface area contributed by atoms with Crippen LogP contribution in [-0.4, -0.2) is 23.1 Å². The Morgan fingerprint density at radius 3 is 2.96 bits per heavy atom. The monoisotopic (exact) mass is 391 g/mol. The van der Waals surface area contributed by atoms with Crippen molar-refractivity contribution >= 4 is 16.8 Å². The summed E-state index contributed by atoms with van der Waals surface area (Å²) in [6, 6.07) is 10.5. The Kier molecular flexibility index (Phi) is 4.47. The molecule has 4 rings (SSSR count). The predicted molar refractivity (Wildman–Crippen MR) is 97.2 cm³/mol. The molecule has 0 aromatic heterocycles. The molecule has 2 atom stereocenters. The van der Waals surface area contributed by atoms with Crippen molar-refractivity contribution in [3.8, 4) is 5.75 Å². The van der Waals surface area contributed by atoms with Gasteiger partial charge in [-0.3, -0.25) is 15.5 Å². The third-order valence-corrected chi connectivity index (χ3v) is 6.17. The second-order valence-corrected chi connectivity index (χ2v) is 7.57. The average Bonchev–Trinajstić information content (AvgIpc) is 3.09. The molecule has 0 unspecified atom stereocenters. The highest BCUT2D eigenvalue weighted by Gasteiger charge is 2.51. The number of hydrogen-bond donors (Lipinski definition) is 1. The van der Waals surface area contributed by atoms with Crippen molar-refractivity contribution in [2.75, 3.05) is 13.2 Å². The summed E-state index contributed by atoms with van der Waals surface area (Å²) in [5.74, 6) is -0.775. The Morgan fingerprint density at radius 1 is 1.33 bits per heavy atom. The van der Waals surface area contributed by atoms with Crippen molar-refractivity contribution in [3.63, 3.8) is 0 Å². The van der Waals surface area contributed by atoms with Gasteiger partial charge in [-0.1, -0.05) is 30.0 Å². The molecule has 6 nitrogen and oxygen atoms in total. The number of fused-ring (bicyclic) bond motifs is 2. The number of nitrogens with zero attached hydrogens (tertiary/aromatic N) is 2. The smallest absolute Gasteiger partial charge is 0.204 e. The van der Waals surface area contributed by atoms with Crippen LogP contribution < -0.4 is 10.2 Å². The fourth-order valence-electron chi connectivity index (χ4n) is 3.37. The van der Waals surface area contributed by atoms with Crippen LogP contribution in [0.1, 0.15) is 17.5 Å². The van der Waals surface area contributed by atoms with E-state index in [1.165, 1.54) is 11.8 Å². The first-order valence-corrected chi connectivity index (χ1v) is 9.14. The molecule has 0 fully saturated rings. The molecule has 2 aromatic carbocycles. The standard InChI is InChI=1S/C18H15F2N3O3S/c19-12-5-6-15(20)13(9-12)17-21-22-18(27-17)11(7-8-23(24)25)10-26-16-4-2-1-3-14(16)18/h1-6,9,11,22H,7-8,10H2/t11-,18+/m1/s1. The van der Waals surface area contributed by atoms with Gasteiger partial charge in [0, 0.05) is 28.4 Å². The molecule has 2 aromatic rings. The highest BCUT2D eigenvalue weighted by atomic mass is 32.2. The van der Waals surface area contributed by atoms with Gasteiger partial charge in [-0.2, -0.15) is 5.10 Å². The van der Waals surface area contributed by atoms with Gasteiger partial charge in [-0.05, 0) is 24.3 Å². The Hall–Kier alpha value is -2.68. The molecule has 0 aliphatic carbocycles. The van der Waals surface area contributed by atoms with Crippen LogP contribution in [0.5, 0.6) is 5.75 Å². The van der Waals surface area contributed by atoms with E-state index in [1.807, 2.05) is 24.3 Å². The lowest BCUT2D eigenvalue weighted by molar-refractivity contribution is -0.482. The minimum atomic E-state index is -0.834. The van der Waals surface area contributed by atoms with E-state index in [9.17, 15) is 18.9 Å². The molecular weight excluding hydrogens is 376 g/mol. The first kappa shape index (κ1) is 17.7. The molecule has 0 amide bonds. The van der Waals surface area contributed by atoms with Gasteiger partial charge < -0.3 is 4.74 Å². The summed E-state index contributed by atoms with van der Waals surface area (Å²) >= 11 is 1.24. The lowest BCUT2D eigenvalue weighted by Crippen LogP contribution is -2.47. The molecule has 1 N–H and O–H groups in total. The fraction of sp³-hybridized carbons (Fsp3) is 0.278. The summed E-state index contributed by atoms with van der Waals surface area (Å²) in [6.45, 7) is 0.0448. The van der Waals surface area contributed by atoms with Gasteiger partial charge in [0.25, 0.3) is 0 Å². The second kappa shape index (κ2) is 6.80. The van der Waals surface area contributed by atoms with E-state index in [-0.39, 0.29) is 36.0 Å². The largest absolute Gasteiger partial charge is 0.493 e. The van der Waals surface area contributed by atoms with Crippen molar-refractivity contribution in [1.29, 1.82) is 0 Å². The minimum Gasteiger partial charge on any atom is -0.493 e. The molecule has 1 spiro atoms. The molecule has 2 heterocycles. The summed E-state index contributed by atoms with van der Waals surface area (Å²) in [5, 5.41) is 15.4. The van der Waals surface area contributed by atoms with Gasteiger partial charge in [0.2, 0.25) is 6.54 Å². The van der Waals surface area contributed by atoms with E-state index < -0.39 is 16.5 Å². The lowest BCUT2D eigenvalue weighted by atomic mass is 9.88. The van der Waals surface area contributed by atoms with Crippen molar-refractivity contribution in [2.24, 2.45) is 11.0 Å². The molecule has 2 aliphatic heterocycles.